The number of hydrogen-bond donors (Lipinski definition) is 0. The van der Waals surface area contributed by atoms with E-state index in [-0.39, 0.29) is 5.41 Å². The van der Waals surface area contributed by atoms with Gasteiger partial charge in [-0.25, -0.2) is 4.98 Å². The van der Waals surface area contributed by atoms with Crippen molar-refractivity contribution >= 4 is 43.2 Å². The molecular formula is C48H33N. The van der Waals surface area contributed by atoms with Gasteiger partial charge in [-0.05, 0) is 113 Å². The Balaban J connectivity index is 1.24. The van der Waals surface area contributed by atoms with Crippen LogP contribution in [0, 0.1) is 0 Å². The van der Waals surface area contributed by atoms with E-state index in [9.17, 15) is 0 Å². The van der Waals surface area contributed by atoms with Crippen LogP contribution in [0.15, 0.2) is 164 Å². The summed E-state index contributed by atoms with van der Waals surface area (Å²) in [5, 5.41) is 8.69. The molecule has 1 nitrogen and oxygen atoms in total. The van der Waals surface area contributed by atoms with Crippen LogP contribution in [0.25, 0.3) is 87.9 Å². The largest absolute Gasteiger partial charge is 0.248 e. The molecule has 0 spiro atoms. The Hall–Kier alpha value is -6.05. The van der Waals surface area contributed by atoms with Crippen molar-refractivity contribution in [1.29, 1.82) is 0 Å². The third-order valence-corrected chi connectivity index (χ3v) is 10.8. The minimum atomic E-state index is -0.0785. The zero-order chi connectivity index (χ0) is 32.7. The molecule has 0 unspecified atom stereocenters. The fourth-order valence-corrected chi connectivity index (χ4v) is 8.29. The molecule has 9 aromatic rings. The zero-order valence-corrected chi connectivity index (χ0v) is 27.5. The summed E-state index contributed by atoms with van der Waals surface area (Å²) in [4.78, 5) is 5.38. The van der Waals surface area contributed by atoms with Crippen LogP contribution in [-0.2, 0) is 5.41 Å². The van der Waals surface area contributed by atoms with Gasteiger partial charge in [-0.1, -0.05) is 141 Å². The topological polar surface area (TPSA) is 12.9 Å². The summed E-state index contributed by atoms with van der Waals surface area (Å²) in [6.45, 7) is 4.69. The van der Waals surface area contributed by atoms with E-state index < -0.39 is 0 Å². The van der Waals surface area contributed by atoms with Crippen molar-refractivity contribution in [2.24, 2.45) is 0 Å². The second-order valence-electron chi connectivity index (χ2n) is 14.0. The maximum atomic E-state index is 5.38. The molecule has 230 valence electrons. The fraction of sp³-hybridized carbons (Fsp3) is 0.0625. The molecule has 0 fully saturated rings. The molecule has 0 saturated heterocycles. The Morgan fingerprint density at radius 1 is 0.367 bits per heavy atom. The van der Waals surface area contributed by atoms with Crippen LogP contribution in [0.5, 0.6) is 0 Å². The van der Waals surface area contributed by atoms with Crippen molar-refractivity contribution in [3.63, 3.8) is 0 Å². The Morgan fingerprint density at radius 2 is 1.00 bits per heavy atom. The Bertz CT molecular complexity index is 2800. The highest BCUT2D eigenvalue weighted by atomic mass is 14.7. The lowest BCUT2D eigenvalue weighted by Gasteiger charge is -2.22. The van der Waals surface area contributed by atoms with Crippen molar-refractivity contribution in [2.75, 3.05) is 0 Å². The maximum absolute atomic E-state index is 5.38. The number of hydrogen-bond acceptors (Lipinski definition) is 1. The molecule has 8 aromatic carbocycles. The highest BCUT2D eigenvalue weighted by molar-refractivity contribution is 6.16. The second kappa shape index (κ2) is 10.5. The molecule has 0 aliphatic heterocycles. The first-order valence-electron chi connectivity index (χ1n) is 17.1. The van der Waals surface area contributed by atoms with Crippen LogP contribution in [0.1, 0.15) is 25.0 Å². The average molecular weight is 624 g/mol. The lowest BCUT2D eigenvalue weighted by molar-refractivity contribution is 0.660. The maximum Gasteiger partial charge on any atom is 0.0716 e. The molecule has 0 N–H and O–H groups in total. The number of pyridine rings is 1. The van der Waals surface area contributed by atoms with Gasteiger partial charge in [0.05, 0.1) is 11.2 Å². The van der Waals surface area contributed by atoms with Crippen LogP contribution in [0.2, 0.25) is 0 Å². The fourth-order valence-electron chi connectivity index (χ4n) is 8.29. The van der Waals surface area contributed by atoms with Gasteiger partial charge in [-0.15, -0.1) is 0 Å². The standard InChI is InChI=1S/C48H33N/c1-48(2)44-18-10-9-17-39(44)40-23-21-35(28-45(40)48)47-29-42(41-27-34-13-5-6-14-36(34)37-15-7-8-16-38(37)41)43-26-33(22-24-46(43)49-47)32-20-19-30-11-3-4-12-31(30)25-32/h3-29H,1-2H3. The highest BCUT2D eigenvalue weighted by Crippen LogP contribution is 2.50. The van der Waals surface area contributed by atoms with Gasteiger partial charge in [0.2, 0.25) is 0 Å². The highest BCUT2D eigenvalue weighted by Gasteiger charge is 2.35. The summed E-state index contributed by atoms with van der Waals surface area (Å²) in [7, 11) is 0. The zero-order valence-electron chi connectivity index (χ0n) is 27.5. The normalized spacial score (nSPS) is 13.3. The average Bonchev–Trinajstić information content (AvgIpc) is 3.39. The van der Waals surface area contributed by atoms with Gasteiger partial charge >= 0.3 is 0 Å². The summed E-state index contributed by atoms with van der Waals surface area (Å²) < 4.78 is 0. The minimum Gasteiger partial charge on any atom is -0.248 e. The number of aromatic nitrogens is 1. The van der Waals surface area contributed by atoms with Gasteiger partial charge in [-0.2, -0.15) is 0 Å². The monoisotopic (exact) mass is 623 g/mol. The Kier molecular flexibility index (Phi) is 5.99. The Morgan fingerprint density at radius 3 is 1.88 bits per heavy atom. The SMILES string of the molecule is CC1(C)c2ccccc2-c2ccc(-c3cc(-c4cc5ccccc5c5ccccc45)c4cc(-c5ccc6ccccc6c5)ccc4n3)cc21. The van der Waals surface area contributed by atoms with Crippen LogP contribution in [0.4, 0.5) is 0 Å². The van der Waals surface area contributed by atoms with Crippen LogP contribution in [0.3, 0.4) is 0 Å². The first-order chi connectivity index (χ1) is 24.0. The number of fused-ring (bicyclic) bond motifs is 8. The van der Waals surface area contributed by atoms with E-state index in [1.165, 1.54) is 76.8 Å². The molecule has 1 aliphatic rings. The second-order valence-corrected chi connectivity index (χ2v) is 14.0. The molecule has 0 amide bonds. The molecular weight excluding hydrogens is 591 g/mol. The van der Waals surface area contributed by atoms with Gasteiger partial charge in [0.1, 0.15) is 0 Å². The molecule has 1 aliphatic carbocycles. The molecule has 0 bridgehead atoms. The van der Waals surface area contributed by atoms with E-state index in [1.807, 2.05) is 0 Å². The summed E-state index contributed by atoms with van der Waals surface area (Å²) >= 11 is 0. The van der Waals surface area contributed by atoms with Crippen LogP contribution in [-0.4, -0.2) is 4.98 Å². The quantitative estimate of drug-likeness (QED) is 0.178. The molecule has 10 rings (SSSR count). The first-order valence-corrected chi connectivity index (χ1v) is 17.1. The van der Waals surface area contributed by atoms with E-state index in [1.54, 1.807) is 0 Å². The third-order valence-electron chi connectivity index (χ3n) is 10.8. The predicted molar refractivity (Wildman–Crippen MR) is 208 cm³/mol. The predicted octanol–water partition coefficient (Wildman–Crippen LogP) is 13.0. The van der Waals surface area contributed by atoms with E-state index in [2.05, 4.69) is 178 Å². The molecule has 1 heterocycles. The lowest BCUT2D eigenvalue weighted by Crippen LogP contribution is -2.14. The van der Waals surface area contributed by atoms with Gasteiger partial charge in [0.15, 0.2) is 0 Å². The summed E-state index contributed by atoms with van der Waals surface area (Å²) in [5.41, 5.74) is 13.3. The van der Waals surface area contributed by atoms with Gasteiger partial charge in [-0.3, -0.25) is 0 Å². The van der Waals surface area contributed by atoms with Crippen molar-refractivity contribution in [3.8, 4) is 44.6 Å². The molecule has 0 radical (unpaired) electrons. The number of benzene rings is 8. The van der Waals surface area contributed by atoms with E-state index in [4.69, 9.17) is 4.98 Å². The molecule has 0 atom stereocenters. The smallest absolute Gasteiger partial charge is 0.0716 e. The first kappa shape index (κ1) is 28.0. The van der Waals surface area contributed by atoms with Crippen molar-refractivity contribution in [1.82, 2.24) is 4.98 Å². The van der Waals surface area contributed by atoms with E-state index >= 15 is 0 Å². The Labute approximate surface area is 286 Å². The number of nitrogens with zero attached hydrogens (tertiary/aromatic N) is 1. The van der Waals surface area contributed by atoms with Crippen LogP contribution < -0.4 is 0 Å². The van der Waals surface area contributed by atoms with Gasteiger partial charge in [0.25, 0.3) is 0 Å². The number of rotatable bonds is 3. The van der Waals surface area contributed by atoms with E-state index in [0.29, 0.717) is 0 Å². The summed E-state index contributed by atoms with van der Waals surface area (Å²) in [6.07, 6.45) is 0. The molecule has 0 saturated carbocycles. The van der Waals surface area contributed by atoms with Crippen LogP contribution >= 0.6 is 0 Å². The molecule has 1 heteroatoms. The lowest BCUT2D eigenvalue weighted by atomic mass is 9.81. The van der Waals surface area contributed by atoms with Gasteiger partial charge in [0, 0.05) is 16.4 Å². The van der Waals surface area contributed by atoms with Gasteiger partial charge < -0.3 is 0 Å². The summed E-state index contributed by atoms with van der Waals surface area (Å²) in [5.74, 6) is 0. The molecule has 49 heavy (non-hydrogen) atoms. The molecule has 1 aromatic heterocycles. The van der Waals surface area contributed by atoms with E-state index in [0.717, 1.165) is 22.2 Å². The van der Waals surface area contributed by atoms with Crippen molar-refractivity contribution < 1.29 is 0 Å². The third kappa shape index (κ3) is 4.29. The van der Waals surface area contributed by atoms with Crippen molar-refractivity contribution in [2.45, 2.75) is 19.3 Å². The summed E-state index contributed by atoms with van der Waals surface area (Å²) in [6, 6.07) is 60.2. The van der Waals surface area contributed by atoms with Crippen molar-refractivity contribution in [3.05, 3.63) is 175 Å². The minimum absolute atomic E-state index is 0.0785.